The second kappa shape index (κ2) is 12.1. The monoisotopic (exact) mass is 636 g/mol. The molecular weight excluding hydrogens is 607 g/mol. The Kier molecular flexibility index (Phi) is 8.68. The minimum atomic E-state index is -4.36. The number of methoxy groups -OCH3 is 1. The fourth-order valence-electron chi connectivity index (χ4n) is 4.80. The molecule has 0 aliphatic carbocycles. The number of hydrogen-bond acceptors (Lipinski definition) is 13. The SMILES string of the molecule is COC(=O)[C@H](C)NP(=O)(OC[C@H]1O[C@@H](n2cnc3c(N4CCC4)nc(N)nc32)[C@](C)(N=[N+]=[N-])[C@@H]1O)Oc1ccccc1Cl. The van der Waals surface area contributed by atoms with E-state index in [0.717, 1.165) is 19.5 Å². The lowest BCUT2D eigenvalue weighted by molar-refractivity contribution is -0.142. The number of ether oxygens (including phenoxy) is 2. The number of halogens is 1. The van der Waals surface area contributed by atoms with Gasteiger partial charge >= 0.3 is 13.7 Å². The molecule has 19 heteroatoms. The first-order valence-corrected chi connectivity index (χ1v) is 15.1. The van der Waals surface area contributed by atoms with Crippen LogP contribution in [0.2, 0.25) is 5.02 Å². The summed E-state index contributed by atoms with van der Waals surface area (Å²) >= 11 is 6.19. The van der Waals surface area contributed by atoms with Crippen LogP contribution < -0.4 is 20.2 Å². The molecule has 3 aromatic rings. The summed E-state index contributed by atoms with van der Waals surface area (Å²) in [6.07, 6.45) is -1.38. The molecule has 2 aliphatic rings. The third kappa shape index (κ3) is 5.93. The molecule has 0 saturated carbocycles. The van der Waals surface area contributed by atoms with Gasteiger partial charge in [0, 0.05) is 18.0 Å². The van der Waals surface area contributed by atoms with E-state index in [0.29, 0.717) is 17.0 Å². The molecular formula is C24H30ClN10O7P. The summed E-state index contributed by atoms with van der Waals surface area (Å²) in [7, 11) is -3.19. The van der Waals surface area contributed by atoms with Crippen molar-refractivity contribution in [1.29, 1.82) is 0 Å². The van der Waals surface area contributed by atoms with Crippen LogP contribution in [0.1, 0.15) is 26.5 Å². The predicted molar refractivity (Wildman–Crippen MR) is 154 cm³/mol. The van der Waals surface area contributed by atoms with Gasteiger partial charge in [-0.3, -0.25) is 13.9 Å². The lowest BCUT2D eigenvalue weighted by Crippen LogP contribution is -2.43. The van der Waals surface area contributed by atoms with E-state index in [1.807, 2.05) is 4.90 Å². The molecule has 1 unspecified atom stereocenters. The number of carbonyl (C=O) groups is 1. The molecule has 6 atom stereocenters. The van der Waals surface area contributed by atoms with Crippen LogP contribution in [0.3, 0.4) is 0 Å². The van der Waals surface area contributed by atoms with E-state index >= 15 is 0 Å². The first-order valence-electron chi connectivity index (χ1n) is 13.2. The van der Waals surface area contributed by atoms with Crippen LogP contribution in [0.4, 0.5) is 11.8 Å². The van der Waals surface area contributed by atoms with E-state index in [9.17, 15) is 20.0 Å². The molecule has 43 heavy (non-hydrogen) atoms. The van der Waals surface area contributed by atoms with Gasteiger partial charge in [0.05, 0.1) is 31.2 Å². The number of aromatic nitrogens is 4. The third-order valence-electron chi connectivity index (χ3n) is 7.21. The van der Waals surface area contributed by atoms with Crippen LogP contribution in [-0.4, -0.2) is 81.2 Å². The van der Waals surface area contributed by atoms with Gasteiger partial charge in [-0.1, -0.05) is 28.8 Å². The molecule has 4 N–H and O–H groups in total. The molecule has 2 fully saturated rings. The fraction of sp³-hybridized carbons (Fsp3) is 0.500. The zero-order valence-corrected chi connectivity index (χ0v) is 25.1. The Labute approximate surface area is 250 Å². The molecule has 0 bridgehead atoms. The topological polar surface area (TPSA) is 225 Å². The predicted octanol–water partition coefficient (Wildman–Crippen LogP) is 2.95. The number of nitrogens with two attached hydrogens (primary N) is 1. The summed E-state index contributed by atoms with van der Waals surface area (Å²) in [6, 6.07) is 5.12. The van der Waals surface area contributed by atoms with Crippen molar-refractivity contribution in [3.05, 3.63) is 46.1 Å². The molecule has 0 spiro atoms. The number of benzene rings is 1. The highest BCUT2D eigenvalue weighted by Gasteiger charge is 2.55. The average molecular weight is 637 g/mol. The molecule has 230 valence electrons. The van der Waals surface area contributed by atoms with E-state index in [1.54, 1.807) is 12.1 Å². The van der Waals surface area contributed by atoms with Gasteiger partial charge in [-0.15, -0.1) is 0 Å². The number of esters is 1. The number of nitrogen functional groups attached to an aromatic ring is 1. The largest absolute Gasteiger partial charge is 0.468 e. The van der Waals surface area contributed by atoms with Gasteiger partial charge in [-0.05, 0) is 37.9 Å². The van der Waals surface area contributed by atoms with E-state index in [4.69, 9.17) is 35.9 Å². The maximum atomic E-state index is 13.9. The molecule has 1 aromatic carbocycles. The normalized spacial score (nSPS) is 25.4. The average Bonchev–Trinajstić information content (AvgIpc) is 3.45. The van der Waals surface area contributed by atoms with Gasteiger partial charge < -0.3 is 29.7 Å². The Bertz CT molecular complexity index is 1620. The Morgan fingerprint density at radius 3 is 2.81 bits per heavy atom. The first-order chi connectivity index (χ1) is 20.5. The molecule has 0 amide bonds. The number of fused-ring (bicyclic) bond motifs is 1. The van der Waals surface area contributed by atoms with Gasteiger partial charge in [-0.25, -0.2) is 9.55 Å². The van der Waals surface area contributed by atoms with Gasteiger partial charge in [0.25, 0.3) is 0 Å². The van der Waals surface area contributed by atoms with Crippen molar-refractivity contribution in [2.24, 2.45) is 5.11 Å². The highest BCUT2D eigenvalue weighted by molar-refractivity contribution is 7.52. The molecule has 0 radical (unpaired) electrons. The highest BCUT2D eigenvalue weighted by Crippen LogP contribution is 2.49. The van der Waals surface area contributed by atoms with E-state index in [1.165, 1.54) is 44.0 Å². The minimum absolute atomic E-state index is 0.00327. The Morgan fingerprint density at radius 2 is 2.16 bits per heavy atom. The Hall–Kier alpha value is -3.69. The third-order valence-corrected chi connectivity index (χ3v) is 9.16. The number of para-hydroxylation sites is 1. The van der Waals surface area contributed by atoms with Crippen LogP contribution in [0.25, 0.3) is 21.6 Å². The van der Waals surface area contributed by atoms with E-state index < -0.39 is 50.3 Å². The maximum absolute atomic E-state index is 13.9. The van der Waals surface area contributed by atoms with Crippen molar-refractivity contribution >= 4 is 48.2 Å². The number of carbonyl (C=O) groups excluding carboxylic acids is 1. The van der Waals surface area contributed by atoms with Crippen LogP contribution in [0.5, 0.6) is 5.75 Å². The molecule has 17 nitrogen and oxygen atoms in total. The smallest absolute Gasteiger partial charge is 0.459 e. The summed E-state index contributed by atoms with van der Waals surface area (Å²) in [4.78, 5) is 30.2. The molecule has 4 heterocycles. The summed E-state index contributed by atoms with van der Waals surface area (Å²) in [6.45, 7) is 3.93. The number of azide groups is 1. The number of aliphatic hydroxyl groups excluding tert-OH is 1. The summed E-state index contributed by atoms with van der Waals surface area (Å²) in [5.74, 6) is -0.157. The number of nitrogens with one attached hydrogen (secondary N) is 1. The van der Waals surface area contributed by atoms with Crippen molar-refractivity contribution in [2.75, 3.05) is 37.4 Å². The van der Waals surface area contributed by atoms with Crippen molar-refractivity contribution in [3.8, 4) is 5.75 Å². The zero-order chi connectivity index (χ0) is 30.9. The summed E-state index contributed by atoms with van der Waals surface area (Å²) in [5.41, 5.74) is 14.6. The van der Waals surface area contributed by atoms with Crippen molar-refractivity contribution in [2.45, 2.75) is 50.3 Å². The highest BCUT2D eigenvalue weighted by atomic mass is 35.5. The number of rotatable bonds is 11. The lowest BCUT2D eigenvalue weighted by Gasteiger charge is -2.32. The Balaban J connectivity index is 1.44. The second-order valence-electron chi connectivity index (χ2n) is 10.1. The van der Waals surface area contributed by atoms with Gasteiger partial charge in [0.1, 0.15) is 23.4 Å². The number of hydrogen-bond donors (Lipinski definition) is 3. The minimum Gasteiger partial charge on any atom is -0.468 e. The van der Waals surface area contributed by atoms with Crippen LogP contribution in [0.15, 0.2) is 35.7 Å². The lowest BCUT2D eigenvalue weighted by atomic mass is 9.93. The molecule has 2 saturated heterocycles. The molecule has 5 rings (SSSR count). The van der Waals surface area contributed by atoms with Crippen LogP contribution in [-0.2, 0) is 23.4 Å². The van der Waals surface area contributed by atoms with Crippen molar-refractivity contribution in [3.63, 3.8) is 0 Å². The second-order valence-corrected chi connectivity index (χ2v) is 12.2. The Morgan fingerprint density at radius 1 is 1.42 bits per heavy atom. The molecule has 2 aliphatic heterocycles. The van der Waals surface area contributed by atoms with E-state index in [2.05, 4.69) is 30.1 Å². The number of imidazole rings is 1. The van der Waals surface area contributed by atoms with Crippen LogP contribution >= 0.6 is 19.3 Å². The van der Waals surface area contributed by atoms with Gasteiger partial charge in [-0.2, -0.15) is 15.1 Å². The number of aliphatic hydroxyl groups is 1. The molecule has 2 aromatic heterocycles. The van der Waals surface area contributed by atoms with Gasteiger partial charge in [0.2, 0.25) is 5.95 Å². The van der Waals surface area contributed by atoms with Crippen LogP contribution in [0, 0.1) is 0 Å². The quantitative estimate of drug-likeness (QED) is 0.0905. The van der Waals surface area contributed by atoms with E-state index in [-0.39, 0.29) is 16.7 Å². The zero-order valence-electron chi connectivity index (χ0n) is 23.4. The van der Waals surface area contributed by atoms with Crippen molar-refractivity contribution in [1.82, 2.24) is 24.6 Å². The fourth-order valence-corrected chi connectivity index (χ4v) is 6.55. The first kappa shape index (κ1) is 30.8. The number of nitrogens with zero attached hydrogens (tertiary/aromatic N) is 8. The number of anilines is 2. The van der Waals surface area contributed by atoms with Crippen molar-refractivity contribution < 1.29 is 33.0 Å². The standard InChI is InChI=1S/C24H30ClN10O7P/c1-13(21(37)39-3)31-43(38,42-15-8-5-4-7-14(15)25)40-11-16-18(36)24(2,32-33-27)22(41-16)35-12-28-17-19(34-9-6-10-34)29-23(26)30-20(17)35/h4-5,7-8,12-13,16,18,22,36H,6,9-11H2,1-3H3,(H,31,38)(H2,26,29,30)/t13-,16+,18+,22+,24+,43?/m0/s1. The van der Waals surface area contributed by atoms with Gasteiger partial charge in [0.15, 0.2) is 23.2 Å². The maximum Gasteiger partial charge on any atom is 0.459 e. The summed E-state index contributed by atoms with van der Waals surface area (Å²) < 4.78 is 37.6. The summed E-state index contributed by atoms with van der Waals surface area (Å²) in [5, 5.41) is 17.9.